The molecule has 0 aliphatic rings. The van der Waals surface area contributed by atoms with Gasteiger partial charge < -0.3 is 5.11 Å². The number of benzene rings is 1. The second-order valence-electron chi connectivity index (χ2n) is 4.58. The molecule has 1 unspecified atom stereocenters. The summed E-state index contributed by atoms with van der Waals surface area (Å²) in [6.45, 7) is 2.41. The summed E-state index contributed by atoms with van der Waals surface area (Å²) < 4.78 is 0. The maximum atomic E-state index is 8.87. The van der Waals surface area contributed by atoms with Crippen molar-refractivity contribution in [3.8, 4) is 11.3 Å². The predicted molar refractivity (Wildman–Crippen MR) is 74.4 cm³/mol. The Morgan fingerprint density at radius 2 is 1.83 bits per heavy atom. The number of aromatic nitrogens is 1. The number of nitrogens with zero attached hydrogens (tertiary/aromatic N) is 1. The molecular formula is C16H19NO. The topological polar surface area (TPSA) is 33.1 Å². The van der Waals surface area contributed by atoms with E-state index in [9.17, 15) is 0 Å². The smallest absolute Gasteiger partial charge is 0.0705 e. The van der Waals surface area contributed by atoms with Gasteiger partial charge in [-0.3, -0.25) is 4.98 Å². The molecule has 0 aliphatic carbocycles. The van der Waals surface area contributed by atoms with Gasteiger partial charge in [0.15, 0.2) is 0 Å². The summed E-state index contributed by atoms with van der Waals surface area (Å²) in [6, 6.07) is 16.4. The molecule has 0 saturated heterocycles. The van der Waals surface area contributed by atoms with E-state index in [1.807, 2.05) is 24.3 Å². The van der Waals surface area contributed by atoms with Crippen molar-refractivity contribution in [3.63, 3.8) is 0 Å². The summed E-state index contributed by atoms with van der Waals surface area (Å²) >= 11 is 0. The summed E-state index contributed by atoms with van der Waals surface area (Å²) in [6.07, 6.45) is 1.81. The second-order valence-corrected chi connectivity index (χ2v) is 4.58. The van der Waals surface area contributed by atoms with Gasteiger partial charge in [0.25, 0.3) is 0 Å². The molecule has 0 saturated carbocycles. The van der Waals surface area contributed by atoms with Crippen LogP contribution < -0.4 is 0 Å². The standard InChI is InChI=1S/C16H19NO/c1-13(7-6-12-18)15-10-5-11-16(17-15)14-8-3-2-4-9-14/h2-5,8-11,13,18H,6-7,12H2,1H3. The van der Waals surface area contributed by atoms with Crippen LogP contribution in [-0.2, 0) is 0 Å². The molecule has 1 aromatic carbocycles. The largest absolute Gasteiger partial charge is 0.396 e. The van der Waals surface area contributed by atoms with Gasteiger partial charge in [-0.1, -0.05) is 43.3 Å². The highest BCUT2D eigenvalue weighted by Crippen LogP contribution is 2.22. The van der Waals surface area contributed by atoms with E-state index in [1.54, 1.807) is 0 Å². The number of aliphatic hydroxyl groups is 1. The van der Waals surface area contributed by atoms with Crippen LogP contribution in [0.25, 0.3) is 11.3 Å². The van der Waals surface area contributed by atoms with E-state index in [1.165, 1.54) is 0 Å². The molecule has 0 spiro atoms. The van der Waals surface area contributed by atoms with E-state index >= 15 is 0 Å². The molecular weight excluding hydrogens is 222 g/mol. The molecule has 0 amide bonds. The van der Waals surface area contributed by atoms with Gasteiger partial charge in [-0.25, -0.2) is 0 Å². The summed E-state index contributed by atoms with van der Waals surface area (Å²) in [4.78, 5) is 4.71. The fraction of sp³-hybridized carbons (Fsp3) is 0.312. The molecule has 2 nitrogen and oxygen atoms in total. The Bertz CT molecular complexity index is 481. The Hall–Kier alpha value is -1.67. The van der Waals surface area contributed by atoms with Gasteiger partial charge in [0.2, 0.25) is 0 Å². The Kier molecular flexibility index (Phi) is 4.48. The highest BCUT2D eigenvalue weighted by atomic mass is 16.2. The zero-order valence-electron chi connectivity index (χ0n) is 10.7. The van der Waals surface area contributed by atoms with Gasteiger partial charge in [0, 0.05) is 17.9 Å². The number of rotatable bonds is 5. The first-order chi connectivity index (χ1) is 8.81. The van der Waals surface area contributed by atoms with Crippen molar-refractivity contribution in [2.75, 3.05) is 6.61 Å². The van der Waals surface area contributed by atoms with Crippen LogP contribution in [0.1, 0.15) is 31.4 Å². The van der Waals surface area contributed by atoms with Crippen molar-refractivity contribution in [3.05, 3.63) is 54.2 Å². The molecule has 0 radical (unpaired) electrons. The van der Waals surface area contributed by atoms with E-state index in [4.69, 9.17) is 10.1 Å². The zero-order chi connectivity index (χ0) is 12.8. The molecule has 1 heterocycles. The maximum Gasteiger partial charge on any atom is 0.0705 e. The van der Waals surface area contributed by atoms with Gasteiger partial charge in [-0.05, 0) is 30.9 Å². The number of hydrogen-bond donors (Lipinski definition) is 1. The highest BCUT2D eigenvalue weighted by molar-refractivity contribution is 5.58. The van der Waals surface area contributed by atoms with E-state index in [0.717, 1.165) is 29.8 Å². The highest BCUT2D eigenvalue weighted by Gasteiger charge is 2.08. The minimum Gasteiger partial charge on any atom is -0.396 e. The fourth-order valence-corrected chi connectivity index (χ4v) is 2.04. The molecule has 0 aliphatic heterocycles. The minimum absolute atomic E-state index is 0.253. The quantitative estimate of drug-likeness (QED) is 0.867. The molecule has 1 N–H and O–H groups in total. The first-order valence-corrected chi connectivity index (χ1v) is 6.44. The third-order valence-electron chi connectivity index (χ3n) is 3.14. The predicted octanol–water partition coefficient (Wildman–Crippen LogP) is 3.62. The minimum atomic E-state index is 0.253. The molecule has 1 aromatic heterocycles. The molecule has 2 aromatic rings. The lowest BCUT2D eigenvalue weighted by Crippen LogP contribution is -1.99. The van der Waals surface area contributed by atoms with Crippen LogP contribution in [0.3, 0.4) is 0 Å². The lowest BCUT2D eigenvalue weighted by atomic mass is 10.0. The molecule has 94 valence electrons. The third kappa shape index (κ3) is 3.17. The average molecular weight is 241 g/mol. The van der Waals surface area contributed by atoms with E-state index < -0.39 is 0 Å². The molecule has 0 bridgehead atoms. The van der Waals surface area contributed by atoms with Gasteiger partial charge in [0.05, 0.1) is 5.69 Å². The Labute approximate surface area is 108 Å². The van der Waals surface area contributed by atoms with Crippen LogP contribution in [0.2, 0.25) is 0 Å². The fourth-order valence-electron chi connectivity index (χ4n) is 2.04. The van der Waals surface area contributed by atoms with Crippen LogP contribution in [0, 0.1) is 0 Å². The van der Waals surface area contributed by atoms with E-state index in [2.05, 4.69) is 31.2 Å². The van der Waals surface area contributed by atoms with E-state index in [-0.39, 0.29) is 6.61 Å². The normalized spacial score (nSPS) is 12.3. The van der Waals surface area contributed by atoms with Gasteiger partial charge >= 0.3 is 0 Å². The lowest BCUT2D eigenvalue weighted by molar-refractivity contribution is 0.280. The summed E-state index contributed by atoms with van der Waals surface area (Å²) in [5, 5.41) is 8.87. The van der Waals surface area contributed by atoms with Crippen molar-refractivity contribution in [1.82, 2.24) is 4.98 Å². The average Bonchev–Trinajstić information content (AvgIpc) is 2.46. The molecule has 1 atom stereocenters. The van der Waals surface area contributed by atoms with Gasteiger partial charge in [-0.2, -0.15) is 0 Å². The van der Waals surface area contributed by atoms with Crippen LogP contribution in [-0.4, -0.2) is 16.7 Å². The second kappa shape index (κ2) is 6.31. The van der Waals surface area contributed by atoms with Crippen LogP contribution in [0.5, 0.6) is 0 Å². The van der Waals surface area contributed by atoms with Crippen molar-refractivity contribution < 1.29 is 5.11 Å². The summed E-state index contributed by atoms with van der Waals surface area (Å²) in [7, 11) is 0. The molecule has 2 heteroatoms. The SMILES string of the molecule is CC(CCCO)c1cccc(-c2ccccc2)n1. The number of pyridine rings is 1. The van der Waals surface area contributed by atoms with Crippen molar-refractivity contribution >= 4 is 0 Å². The summed E-state index contributed by atoms with van der Waals surface area (Å²) in [5.41, 5.74) is 3.27. The van der Waals surface area contributed by atoms with Crippen molar-refractivity contribution in [2.45, 2.75) is 25.7 Å². The number of hydrogen-bond acceptors (Lipinski definition) is 2. The molecule has 2 rings (SSSR count). The Balaban J connectivity index is 2.20. The lowest BCUT2D eigenvalue weighted by Gasteiger charge is -2.11. The van der Waals surface area contributed by atoms with Gasteiger partial charge in [0.1, 0.15) is 0 Å². The maximum absolute atomic E-state index is 8.87. The first kappa shape index (κ1) is 12.8. The number of aliphatic hydroxyl groups excluding tert-OH is 1. The van der Waals surface area contributed by atoms with Crippen molar-refractivity contribution in [1.29, 1.82) is 0 Å². The first-order valence-electron chi connectivity index (χ1n) is 6.44. The summed E-state index contributed by atoms with van der Waals surface area (Å²) in [5.74, 6) is 0.390. The third-order valence-corrected chi connectivity index (χ3v) is 3.14. The Morgan fingerprint density at radius 1 is 1.06 bits per heavy atom. The van der Waals surface area contributed by atoms with Crippen molar-refractivity contribution in [2.24, 2.45) is 0 Å². The molecule has 0 fully saturated rings. The monoisotopic (exact) mass is 241 g/mol. The van der Waals surface area contributed by atoms with Crippen LogP contribution in [0.4, 0.5) is 0 Å². The van der Waals surface area contributed by atoms with Crippen LogP contribution >= 0.6 is 0 Å². The zero-order valence-corrected chi connectivity index (χ0v) is 10.7. The molecule has 18 heavy (non-hydrogen) atoms. The van der Waals surface area contributed by atoms with Crippen LogP contribution in [0.15, 0.2) is 48.5 Å². The van der Waals surface area contributed by atoms with E-state index in [0.29, 0.717) is 5.92 Å². The Morgan fingerprint density at radius 3 is 2.56 bits per heavy atom. The van der Waals surface area contributed by atoms with Gasteiger partial charge in [-0.15, -0.1) is 0 Å².